The Morgan fingerprint density at radius 1 is 1.19 bits per heavy atom. The first kappa shape index (κ1) is 11.0. The third-order valence-corrected chi connectivity index (χ3v) is 2.95. The molecule has 1 saturated carbocycles. The van der Waals surface area contributed by atoms with Gasteiger partial charge in [0.05, 0.1) is 0 Å². The number of hydrogen-bond acceptors (Lipinski definition) is 1. The zero-order valence-corrected chi connectivity index (χ0v) is 8.92. The Morgan fingerprint density at radius 2 is 1.75 bits per heavy atom. The van der Waals surface area contributed by atoms with Gasteiger partial charge in [-0.05, 0) is 25.0 Å². The normalized spacial score (nSPS) is 18.0. The van der Waals surface area contributed by atoms with Crippen LogP contribution in [0.4, 0.5) is 14.5 Å². The van der Waals surface area contributed by atoms with Gasteiger partial charge in [0.15, 0.2) is 11.6 Å². The summed E-state index contributed by atoms with van der Waals surface area (Å²) in [7, 11) is 0. The molecule has 2 rings (SSSR count). The van der Waals surface area contributed by atoms with E-state index in [1.165, 1.54) is 18.2 Å². The van der Waals surface area contributed by atoms with E-state index in [-0.39, 0.29) is 11.6 Å². The van der Waals surface area contributed by atoms with E-state index in [2.05, 4.69) is 4.99 Å². The van der Waals surface area contributed by atoms with Gasteiger partial charge in [0, 0.05) is 5.92 Å². The summed E-state index contributed by atoms with van der Waals surface area (Å²) >= 11 is 0. The molecule has 2 N–H and O–H groups in total. The maximum atomic E-state index is 13.3. The molecule has 0 atom stereocenters. The molecule has 2 nitrogen and oxygen atoms in total. The van der Waals surface area contributed by atoms with Gasteiger partial charge in [-0.3, -0.25) is 0 Å². The highest BCUT2D eigenvalue weighted by atomic mass is 19.1. The van der Waals surface area contributed by atoms with Gasteiger partial charge in [0.1, 0.15) is 11.5 Å². The van der Waals surface area contributed by atoms with Crippen LogP contribution in [-0.4, -0.2) is 5.84 Å². The molecule has 4 heteroatoms. The SMILES string of the molecule is NC(=Nc1c(F)cccc1F)C1CCCC1. The van der Waals surface area contributed by atoms with Gasteiger partial charge in [0.25, 0.3) is 0 Å². The van der Waals surface area contributed by atoms with Crippen LogP contribution in [0.2, 0.25) is 0 Å². The lowest BCUT2D eigenvalue weighted by atomic mass is 10.1. The van der Waals surface area contributed by atoms with Crippen molar-refractivity contribution in [1.29, 1.82) is 0 Å². The third-order valence-electron chi connectivity index (χ3n) is 2.95. The lowest BCUT2D eigenvalue weighted by Crippen LogP contribution is -2.21. The van der Waals surface area contributed by atoms with Gasteiger partial charge in [-0.25, -0.2) is 13.8 Å². The van der Waals surface area contributed by atoms with Crippen molar-refractivity contribution >= 4 is 11.5 Å². The van der Waals surface area contributed by atoms with Crippen LogP contribution in [0.5, 0.6) is 0 Å². The van der Waals surface area contributed by atoms with Gasteiger partial charge < -0.3 is 5.73 Å². The lowest BCUT2D eigenvalue weighted by Gasteiger charge is -2.08. The van der Waals surface area contributed by atoms with Crippen LogP contribution in [-0.2, 0) is 0 Å². The molecule has 1 aliphatic rings. The number of hydrogen-bond donors (Lipinski definition) is 1. The van der Waals surface area contributed by atoms with Crippen molar-refractivity contribution in [3.8, 4) is 0 Å². The van der Waals surface area contributed by atoms with Crippen molar-refractivity contribution in [2.75, 3.05) is 0 Å². The number of nitrogens with two attached hydrogens (primary N) is 1. The number of rotatable bonds is 2. The highest BCUT2D eigenvalue weighted by Gasteiger charge is 2.19. The summed E-state index contributed by atoms with van der Waals surface area (Å²) in [5, 5.41) is 0. The topological polar surface area (TPSA) is 38.4 Å². The Balaban J connectivity index is 2.27. The summed E-state index contributed by atoms with van der Waals surface area (Å²) in [5.41, 5.74) is 5.49. The van der Waals surface area contributed by atoms with Crippen molar-refractivity contribution in [3.05, 3.63) is 29.8 Å². The van der Waals surface area contributed by atoms with E-state index in [1.807, 2.05) is 0 Å². The number of aliphatic imine (C=N–C) groups is 1. The smallest absolute Gasteiger partial charge is 0.151 e. The number of para-hydroxylation sites is 1. The van der Waals surface area contributed by atoms with Crippen molar-refractivity contribution < 1.29 is 8.78 Å². The van der Waals surface area contributed by atoms with Crippen LogP contribution in [0.3, 0.4) is 0 Å². The Kier molecular flexibility index (Phi) is 3.17. The molecular weight excluding hydrogens is 210 g/mol. The number of benzene rings is 1. The Morgan fingerprint density at radius 3 is 2.31 bits per heavy atom. The summed E-state index contributed by atoms with van der Waals surface area (Å²) in [6, 6.07) is 3.68. The fourth-order valence-electron chi connectivity index (χ4n) is 2.04. The standard InChI is InChI=1S/C12H14F2N2/c13-9-6-3-7-10(14)11(9)16-12(15)8-4-1-2-5-8/h3,6-8H,1-2,4-5H2,(H2,15,16). The maximum Gasteiger partial charge on any atom is 0.151 e. The molecule has 0 spiro atoms. The molecule has 86 valence electrons. The molecule has 0 heterocycles. The molecule has 16 heavy (non-hydrogen) atoms. The molecule has 0 radical (unpaired) electrons. The zero-order valence-electron chi connectivity index (χ0n) is 8.92. The molecule has 0 saturated heterocycles. The zero-order chi connectivity index (χ0) is 11.5. The van der Waals surface area contributed by atoms with Crippen LogP contribution in [0, 0.1) is 17.6 Å². The average molecular weight is 224 g/mol. The van der Waals surface area contributed by atoms with E-state index in [9.17, 15) is 8.78 Å². The van der Waals surface area contributed by atoms with E-state index >= 15 is 0 Å². The van der Waals surface area contributed by atoms with Gasteiger partial charge in [0.2, 0.25) is 0 Å². The van der Waals surface area contributed by atoms with Crippen molar-refractivity contribution in [3.63, 3.8) is 0 Å². The highest BCUT2D eigenvalue weighted by Crippen LogP contribution is 2.27. The molecule has 0 amide bonds. The second-order valence-electron chi connectivity index (χ2n) is 4.09. The first-order valence-corrected chi connectivity index (χ1v) is 5.46. The minimum Gasteiger partial charge on any atom is -0.387 e. The molecular formula is C12H14F2N2. The van der Waals surface area contributed by atoms with Crippen molar-refractivity contribution in [2.24, 2.45) is 16.6 Å². The number of halogens is 2. The first-order chi connectivity index (χ1) is 7.68. The van der Waals surface area contributed by atoms with Crippen molar-refractivity contribution in [2.45, 2.75) is 25.7 Å². The molecule has 1 fully saturated rings. The number of amidine groups is 1. The maximum absolute atomic E-state index is 13.3. The van der Waals surface area contributed by atoms with Gasteiger partial charge in [-0.2, -0.15) is 0 Å². The molecule has 0 bridgehead atoms. The van der Waals surface area contributed by atoms with E-state index < -0.39 is 11.6 Å². The fourth-order valence-corrected chi connectivity index (χ4v) is 2.04. The molecule has 1 aromatic carbocycles. The van der Waals surface area contributed by atoms with E-state index in [0.29, 0.717) is 5.84 Å². The van der Waals surface area contributed by atoms with Crippen LogP contribution < -0.4 is 5.73 Å². The largest absolute Gasteiger partial charge is 0.387 e. The summed E-state index contributed by atoms with van der Waals surface area (Å²) in [5.74, 6) is -0.803. The average Bonchev–Trinajstić information content (AvgIpc) is 2.76. The molecule has 0 unspecified atom stereocenters. The second-order valence-corrected chi connectivity index (χ2v) is 4.09. The number of nitrogens with zero attached hydrogens (tertiary/aromatic N) is 1. The van der Waals surface area contributed by atoms with E-state index in [0.717, 1.165) is 25.7 Å². The molecule has 1 aromatic rings. The molecule has 0 aliphatic heterocycles. The van der Waals surface area contributed by atoms with E-state index in [4.69, 9.17) is 5.73 Å². The fraction of sp³-hybridized carbons (Fsp3) is 0.417. The minimum absolute atomic E-state index is 0.180. The quantitative estimate of drug-likeness (QED) is 0.608. The predicted octanol–water partition coefficient (Wildman–Crippen LogP) is 3.14. The van der Waals surface area contributed by atoms with Crippen LogP contribution >= 0.6 is 0 Å². The van der Waals surface area contributed by atoms with Crippen molar-refractivity contribution in [1.82, 2.24) is 0 Å². The summed E-state index contributed by atoms with van der Waals surface area (Å²) in [6.45, 7) is 0. The molecule has 1 aliphatic carbocycles. The Bertz CT molecular complexity index is 389. The van der Waals surface area contributed by atoms with Gasteiger partial charge >= 0.3 is 0 Å². The predicted molar refractivity (Wildman–Crippen MR) is 59.6 cm³/mol. The molecule has 0 aromatic heterocycles. The van der Waals surface area contributed by atoms with Crippen LogP contribution in [0.25, 0.3) is 0 Å². The summed E-state index contributed by atoms with van der Waals surface area (Å²) < 4.78 is 26.6. The first-order valence-electron chi connectivity index (χ1n) is 5.46. The minimum atomic E-state index is -0.666. The highest BCUT2D eigenvalue weighted by molar-refractivity contribution is 5.85. The summed E-state index contributed by atoms with van der Waals surface area (Å²) in [6.07, 6.45) is 4.15. The van der Waals surface area contributed by atoms with Crippen LogP contribution in [0.15, 0.2) is 23.2 Å². The van der Waals surface area contributed by atoms with Gasteiger partial charge in [-0.15, -0.1) is 0 Å². The summed E-state index contributed by atoms with van der Waals surface area (Å²) in [4.78, 5) is 3.88. The second kappa shape index (κ2) is 4.60. The monoisotopic (exact) mass is 224 g/mol. The third kappa shape index (κ3) is 2.21. The Labute approximate surface area is 93.2 Å². The Hall–Kier alpha value is -1.45. The van der Waals surface area contributed by atoms with E-state index in [1.54, 1.807) is 0 Å². The lowest BCUT2D eigenvalue weighted by molar-refractivity contribution is 0.586. The van der Waals surface area contributed by atoms with Gasteiger partial charge in [-0.1, -0.05) is 18.9 Å². The van der Waals surface area contributed by atoms with Crippen LogP contribution in [0.1, 0.15) is 25.7 Å².